The molecule has 0 saturated heterocycles. The van der Waals surface area contributed by atoms with Gasteiger partial charge in [0, 0.05) is 12.5 Å². The minimum atomic E-state index is -0.418. The van der Waals surface area contributed by atoms with Crippen molar-refractivity contribution in [3.05, 3.63) is 0 Å². The third-order valence-electron chi connectivity index (χ3n) is 3.99. The number of hydrogen-bond acceptors (Lipinski definition) is 2. The summed E-state index contributed by atoms with van der Waals surface area (Å²) >= 11 is 0. The molecule has 0 fully saturated rings. The first kappa shape index (κ1) is 16.4. The molecule has 3 atom stereocenters. The molecule has 3 nitrogen and oxygen atoms in total. The Morgan fingerprint density at radius 1 is 1.12 bits per heavy atom. The lowest BCUT2D eigenvalue weighted by Crippen LogP contribution is -2.39. The van der Waals surface area contributed by atoms with Gasteiger partial charge in [-0.25, -0.2) is 0 Å². The van der Waals surface area contributed by atoms with Crippen LogP contribution in [0.25, 0.3) is 0 Å². The lowest BCUT2D eigenvalue weighted by atomic mass is 9.92. The van der Waals surface area contributed by atoms with Crippen molar-refractivity contribution >= 4 is 5.91 Å². The molecule has 0 radical (unpaired) electrons. The number of amides is 1. The third-order valence-corrected chi connectivity index (χ3v) is 3.99. The largest absolute Gasteiger partial charge is 0.391 e. The number of rotatable bonds is 8. The average Bonchev–Trinajstić information content (AvgIpc) is 2.35. The highest BCUT2D eigenvalue weighted by Crippen LogP contribution is 2.15. The van der Waals surface area contributed by atoms with Gasteiger partial charge >= 0.3 is 0 Å². The molecule has 0 aliphatic rings. The summed E-state index contributed by atoms with van der Waals surface area (Å²) in [5.74, 6) is 0.757. The predicted molar refractivity (Wildman–Crippen MR) is 71.7 cm³/mol. The van der Waals surface area contributed by atoms with Crippen molar-refractivity contribution in [2.45, 2.75) is 60.0 Å². The van der Waals surface area contributed by atoms with Gasteiger partial charge in [0.15, 0.2) is 0 Å². The number of hydrogen-bond donors (Lipinski definition) is 2. The maximum absolute atomic E-state index is 11.8. The van der Waals surface area contributed by atoms with Crippen LogP contribution in [-0.2, 0) is 4.79 Å². The molecule has 0 aromatic carbocycles. The Labute approximate surface area is 106 Å². The van der Waals surface area contributed by atoms with E-state index in [2.05, 4.69) is 33.0 Å². The summed E-state index contributed by atoms with van der Waals surface area (Å²) in [5.41, 5.74) is 0. The molecule has 17 heavy (non-hydrogen) atoms. The number of nitrogens with one attached hydrogen (secondary N) is 1. The first-order valence-electron chi connectivity index (χ1n) is 6.93. The Bertz CT molecular complexity index is 214. The molecule has 0 aromatic rings. The van der Waals surface area contributed by atoms with Gasteiger partial charge in [0.2, 0.25) is 5.91 Å². The number of aliphatic hydroxyl groups is 1. The molecule has 0 aromatic heterocycles. The first-order valence-corrected chi connectivity index (χ1v) is 6.93. The summed E-state index contributed by atoms with van der Waals surface area (Å²) in [7, 11) is 0. The summed E-state index contributed by atoms with van der Waals surface area (Å²) in [6, 6.07) is 0. The molecule has 2 N–H and O–H groups in total. The van der Waals surface area contributed by atoms with Crippen molar-refractivity contribution in [3.8, 4) is 0 Å². The summed E-state index contributed by atoms with van der Waals surface area (Å²) in [5, 5.41) is 12.8. The van der Waals surface area contributed by atoms with E-state index in [9.17, 15) is 9.90 Å². The van der Waals surface area contributed by atoms with Gasteiger partial charge in [-0.3, -0.25) is 4.79 Å². The quantitative estimate of drug-likeness (QED) is 0.688. The summed E-state index contributed by atoms with van der Waals surface area (Å²) in [6.07, 6.45) is 2.49. The van der Waals surface area contributed by atoms with E-state index in [1.165, 1.54) is 0 Å². The second kappa shape index (κ2) is 8.51. The predicted octanol–water partition coefficient (Wildman–Crippen LogP) is 2.58. The van der Waals surface area contributed by atoms with E-state index >= 15 is 0 Å². The van der Waals surface area contributed by atoms with Crippen LogP contribution < -0.4 is 5.32 Å². The highest BCUT2D eigenvalue weighted by atomic mass is 16.3. The fourth-order valence-electron chi connectivity index (χ4n) is 1.98. The van der Waals surface area contributed by atoms with E-state index in [-0.39, 0.29) is 17.7 Å². The van der Waals surface area contributed by atoms with Crippen LogP contribution in [0.15, 0.2) is 0 Å². The van der Waals surface area contributed by atoms with E-state index in [1.807, 2.05) is 6.92 Å². The molecule has 0 bridgehead atoms. The minimum absolute atomic E-state index is 0.0221. The topological polar surface area (TPSA) is 49.3 Å². The van der Waals surface area contributed by atoms with Crippen LogP contribution in [0.5, 0.6) is 0 Å². The van der Waals surface area contributed by atoms with E-state index < -0.39 is 6.10 Å². The second-order valence-electron chi connectivity index (χ2n) is 5.06. The number of carbonyl (C=O) groups is 1. The van der Waals surface area contributed by atoms with Crippen LogP contribution in [0.3, 0.4) is 0 Å². The van der Waals surface area contributed by atoms with Crippen LogP contribution in [0.4, 0.5) is 0 Å². The van der Waals surface area contributed by atoms with E-state index in [4.69, 9.17) is 0 Å². The smallest absolute Gasteiger partial charge is 0.223 e. The second-order valence-corrected chi connectivity index (χ2v) is 5.06. The molecule has 0 heterocycles. The molecular weight excluding hydrogens is 214 g/mol. The molecule has 1 amide bonds. The van der Waals surface area contributed by atoms with Crippen LogP contribution in [0, 0.1) is 17.8 Å². The Hall–Kier alpha value is -0.570. The molecule has 0 rings (SSSR count). The Kier molecular flexibility index (Phi) is 8.23. The van der Waals surface area contributed by atoms with Crippen molar-refractivity contribution in [2.75, 3.05) is 6.54 Å². The van der Waals surface area contributed by atoms with Crippen LogP contribution >= 0.6 is 0 Å². The minimum Gasteiger partial charge on any atom is -0.391 e. The van der Waals surface area contributed by atoms with E-state index in [1.54, 1.807) is 0 Å². The first-order chi connectivity index (χ1) is 7.97. The molecule has 0 aliphatic carbocycles. The highest BCUT2D eigenvalue weighted by Gasteiger charge is 2.21. The fraction of sp³-hybridized carbons (Fsp3) is 0.929. The van der Waals surface area contributed by atoms with Crippen LogP contribution in [-0.4, -0.2) is 23.7 Å². The van der Waals surface area contributed by atoms with Crippen molar-refractivity contribution in [2.24, 2.45) is 17.8 Å². The third kappa shape index (κ3) is 5.53. The van der Waals surface area contributed by atoms with Gasteiger partial charge in [-0.05, 0) is 11.8 Å². The molecule has 3 unspecified atom stereocenters. The molecule has 0 aliphatic heterocycles. The van der Waals surface area contributed by atoms with Gasteiger partial charge in [-0.1, -0.05) is 53.9 Å². The SMILES string of the molecule is CCC(C)C(C)C(=O)NCC(O)C(CC)CC. The van der Waals surface area contributed by atoms with E-state index in [0.717, 1.165) is 19.3 Å². The van der Waals surface area contributed by atoms with Gasteiger partial charge in [0.1, 0.15) is 0 Å². The number of aliphatic hydroxyl groups excluding tert-OH is 1. The van der Waals surface area contributed by atoms with Crippen molar-refractivity contribution in [1.29, 1.82) is 0 Å². The lowest BCUT2D eigenvalue weighted by molar-refractivity contribution is -0.126. The zero-order valence-electron chi connectivity index (χ0n) is 12.0. The van der Waals surface area contributed by atoms with Gasteiger partial charge in [-0.15, -0.1) is 0 Å². The molecule has 0 spiro atoms. The zero-order chi connectivity index (χ0) is 13.4. The van der Waals surface area contributed by atoms with Crippen molar-refractivity contribution < 1.29 is 9.90 Å². The zero-order valence-corrected chi connectivity index (χ0v) is 12.0. The molecule has 0 saturated carbocycles. The van der Waals surface area contributed by atoms with Crippen LogP contribution in [0.1, 0.15) is 53.9 Å². The summed E-state index contributed by atoms with van der Waals surface area (Å²) in [6.45, 7) is 10.6. The van der Waals surface area contributed by atoms with Crippen molar-refractivity contribution in [3.63, 3.8) is 0 Å². The van der Waals surface area contributed by atoms with E-state index in [0.29, 0.717) is 12.5 Å². The normalized spacial score (nSPS) is 16.6. The molecule has 102 valence electrons. The van der Waals surface area contributed by atoms with Gasteiger partial charge in [0.25, 0.3) is 0 Å². The summed E-state index contributed by atoms with van der Waals surface area (Å²) in [4.78, 5) is 11.8. The van der Waals surface area contributed by atoms with Crippen LogP contribution in [0.2, 0.25) is 0 Å². The van der Waals surface area contributed by atoms with Crippen molar-refractivity contribution in [1.82, 2.24) is 5.32 Å². The highest BCUT2D eigenvalue weighted by molar-refractivity contribution is 5.78. The maximum atomic E-state index is 11.8. The summed E-state index contributed by atoms with van der Waals surface area (Å²) < 4.78 is 0. The standard InChI is InChI=1S/C14H29NO2/c1-6-10(4)11(5)14(17)15-9-13(16)12(7-2)8-3/h10-13,16H,6-9H2,1-5H3,(H,15,17). The van der Waals surface area contributed by atoms with Gasteiger partial charge in [-0.2, -0.15) is 0 Å². The van der Waals surface area contributed by atoms with Gasteiger partial charge < -0.3 is 10.4 Å². The monoisotopic (exact) mass is 243 g/mol. The number of carbonyl (C=O) groups excluding carboxylic acids is 1. The average molecular weight is 243 g/mol. The Balaban J connectivity index is 4.06. The Morgan fingerprint density at radius 2 is 1.65 bits per heavy atom. The molecular formula is C14H29NO2. The lowest BCUT2D eigenvalue weighted by Gasteiger charge is -2.23. The molecule has 3 heteroatoms. The fourth-order valence-corrected chi connectivity index (χ4v) is 1.98. The maximum Gasteiger partial charge on any atom is 0.223 e. The Morgan fingerprint density at radius 3 is 2.06 bits per heavy atom. The van der Waals surface area contributed by atoms with Gasteiger partial charge in [0.05, 0.1) is 6.10 Å².